The number of ether oxygens (including phenoxy) is 2. The molecule has 4 saturated carbocycles. The van der Waals surface area contributed by atoms with Crippen molar-refractivity contribution >= 4 is 29.4 Å². The molecule has 5 rings (SSSR count). The lowest BCUT2D eigenvalue weighted by molar-refractivity contribution is -0.150. The van der Waals surface area contributed by atoms with Gasteiger partial charge in [0.1, 0.15) is 11.5 Å². The molecule has 4 atom stereocenters. The highest BCUT2D eigenvalue weighted by molar-refractivity contribution is 6.32. The number of amides is 2. The fourth-order valence-electron chi connectivity index (χ4n) is 7.19. The summed E-state index contributed by atoms with van der Waals surface area (Å²) in [6.45, 7) is 4.69. The molecule has 0 radical (unpaired) electrons. The summed E-state index contributed by atoms with van der Waals surface area (Å²) in [6.07, 6.45) is 8.53. The fourth-order valence-corrected chi connectivity index (χ4v) is 7.39. The van der Waals surface area contributed by atoms with E-state index >= 15 is 0 Å². The maximum atomic E-state index is 13.6. The predicted molar refractivity (Wildman–Crippen MR) is 147 cm³/mol. The molecule has 3 N–H and O–H groups in total. The molecule has 4 aliphatic rings. The summed E-state index contributed by atoms with van der Waals surface area (Å²) in [4.78, 5) is 38.5. The Morgan fingerprint density at radius 3 is 2.33 bits per heavy atom. The Bertz CT molecular complexity index is 1130. The first-order valence-corrected chi connectivity index (χ1v) is 14.8. The van der Waals surface area contributed by atoms with Crippen LogP contribution in [0.25, 0.3) is 0 Å². The van der Waals surface area contributed by atoms with Gasteiger partial charge in [-0.05, 0) is 88.0 Å². The second kappa shape index (κ2) is 10.8. The summed E-state index contributed by atoms with van der Waals surface area (Å²) in [6, 6.07) is 2.98. The molecule has 8 nitrogen and oxygen atoms in total. The van der Waals surface area contributed by atoms with Gasteiger partial charge in [0.25, 0.3) is 5.91 Å². The Balaban J connectivity index is 1.28. The molecule has 0 unspecified atom stereocenters. The van der Waals surface area contributed by atoms with Gasteiger partial charge in [0.05, 0.1) is 35.1 Å². The number of hydrogen-bond donors (Lipinski definition) is 3. The van der Waals surface area contributed by atoms with E-state index in [1.54, 1.807) is 19.1 Å². The van der Waals surface area contributed by atoms with E-state index in [0.29, 0.717) is 60.2 Å². The summed E-state index contributed by atoms with van der Waals surface area (Å²) in [5, 5.41) is 16.2. The Labute approximate surface area is 235 Å². The van der Waals surface area contributed by atoms with Gasteiger partial charge in [-0.1, -0.05) is 24.9 Å². The van der Waals surface area contributed by atoms with Crippen LogP contribution in [0.3, 0.4) is 0 Å². The number of carbonyl (C=O) groups is 3. The zero-order valence-electron chi connectivity index (χ0n) is 23.2. The van der Waals surface area contributed by atoms with Gasteiger partial charge in [-0.3, -0.25) is 14.4 Å². The minimum atomic E-state index is -0.785. The van der Waals surface area contributed by atoms with Crippen LogP contribution in [-0.4, -0.2) is 48.7 Å². The van der Waals surface area contributed by atoms with Crippen LogP contribution in [0.15, 0.2) is 12.1 Å². The Hall–Kier alpha value is -2.48. The maximum Gasteiger partial charge on any atom is 0.309 e. The molecule has 214 valence electrons. The van der Waals surface area contributed by atoms with Crippen molar-refractivity contribution in [3.63, 3.8) is 0 Å². The third-order valence-corrected chi connectivity index (χ3v) is 10.4. The lowest BCUT2D eigenvalue weighted by Crippen LogP contribution is -2.51. The molecular weight excluding hydrogens is 520 g/mol. The van der Waals surface area contributed by atoms with Crippen molar-refractivity contribution in [3.8, 4) is 11.5 Å². The number of benzene rings is 1. The van der Waals surface area contributed by atoms with E-state index in [-0.39, 0.29) is 41.2 Å². The molecule has 0 aromatic heterocycles. The Kier molecular flexibility index (Phi) is 7.79. The SMILES string of the molecule is COc1cc(Cl)c(O[C@H]2CC[C@@](C)(C(=O)O)CC2)cc1C(=O)N[C@@H]1[C@@H]2CC[C@@H](C2)[C@@H]1C(=O)NCC1(C)CCC1. The highest BCUT2D eigenvalue weighted by atomic mass is 35.5. The van der Waals surface area contributed by atoms with Crippen LogP contribution in [0.5, 0.6) is 11.5 Å². The Morgan fingerprint density at radius 2 is 1.72 bits per heavy atom. The standard InChI is InChI=1S/C30H41ClN2O6/c1-29(9-4-10-29)16-32-27(35)24-17-5-6-18(13-17)25(24)33-26(34)20-14-23(21(31)15-22(20)38-3)39-19-7-11-30(2,12-8-19)28(36)37/h14-15,17-19,24-25H,4-13,16H2,1-3H3,(H,32,35)(H,33,34)(H,36,37)/t17-,18+,19-,24-,25+,30+/m0/s1. The number of aliphatic carboxylic acids is 1. The van der Waals surface area contributed by atoms with Gasteiger partial charge in [-0.2, -0.15) is 0 Å². The van der Waals surface area contributed by atoms with E-state index in [9.17, 15) is 19.5 Å². The van der Waals surface area contributed by atoms with Gasteiger partial charge in [0.2, 0.25) is 5.91 Å². The van der Waals surface area contributed by atoms with Crippen LogP contribution in [0.4, 0.5) is 0 Å². The summed E-state index contributed by atoms with van der Waals surface area (Å²) >= 11 is 6.50. The number of hydrogen-bond acceptors (Lipinski definition) is 5. The average molecular weight is 561 g/mol. The first kappa shape index (κ1) is 28.1. The monoisotopic (exact) mass is 560 g/mol. The lowest BCUT2D eigenvalue weighted by Gasteiger charge is -2.39. The molecule has 0 aliphatic heterocycles. The minimum absolute atomic E-state index is 0.0541. The molecular formula is C30H41ClN2O6. The highest BCUT2D eigenvalue weighted by Gasteiger charge is 2.51. The molecule has 9 heteroatoms. The molecule has 4 aliphatic carbocycles. The number of fused-ring (bicyclic) bond motifs is 2. The van der Waals surface area contributed by atoms with Crippen LogP contribution in [-0.2, 0) is 9.59 Å². The van der Waals surface area contributed by atoms with E-state index in [0.717, 1.165) is 32.1 Å². The molecule has 0 heterocycles. The van der Waals surface area contributed by atoms with E-state index in [1.807, 2.05) is 0 Å². The van der Waals surface area contributed by atoms with Crippen molar-refractivity contribution in [3.05, 3.63) is 22.7 Å². The molecule has 0 spiro atoms. The summed E-state index contributed by atoms with van der Waals surface area (Å²) in [7, 11) is 1.49. The smallest absolute Gasteiger partial charge is 0.309 e. The normalized spacial score (nSPS) is 32.7. The predicted octanol–water partition coefficient (Wildman–Crippen LogP) is 5.21. The number of nitrogens with one attached hydrogen (secondary N) is 2. The van der Waals surface area contributed by atoms with Gasteiger partial charge >= 0.3 is 5.97 Å². The number of halogens is 1. The summed E-state index contributed by atoms with van der Waals surface area (Å²) in [5.41, 5.74) is -0.232. The van der Waals surface area contributed by atoms with Crippen LogP contribution in [0.1, 0.15) is 88.4 Å². The number of carboxylic acid groups (broad SMARTS) is 1. The molecule has 2 amide bonds. The number of carboxylic acids is 1. The summed E-state index contributed by atoms with van der Waals surface area (Å²) < 4.78 is 11.7. The Morgan fingerprint density at radius 1 is 1.03 bits per heavy atom. The van der Waals surface area contributed by atoms with E-state index < -0.39 is 11.4 Å². The molecule has 1 aromatic carbocycles. The fraction of sp³-hybridized carbons (Fsp3) is 0.700. The van der Waals surface area contributed by atoms with Crippen LogP contribution >= 0.6 is 11.6 Å². The van der Waals surface area contributed by atoms with E-state index in [1.165, 1.54) is 13.5 Å². The first-order valence-electron chi connectivity index (χ1n) is 14.4. The summed E-state index contributed by atoms with van der Waals surface area (Å²) in [5.74, 6) is 0.0344. The van der Waals surface area contributed by atoms with Crippen LogP contribution < -0.4 is 20.1 Å². The van der Waals surface area contributed by atoms with Gasteiger partial charge in [0, 0.05) is 18.7 Å². The van der Waals surface area contributed by atoms with Crippen molar-refractivity contribution in [1.29, 1.82) is 0 Å². The van der Waals surface area contributed by atoms with Crippen molar-refractivity contribution in [1.82, 2.24) is 10.6 Å². The topological polar surface area (TPSA) is 114 Å². The van der Waals surface area contributed by atoms with Gasteiger partial charge in [-0.25, -0.2) is 0 Å². The van der Waals surface area contributed by atoms with Crippen molar-refractivity contribution < 1.29 is 29.0 Å². The van der Waals surface area contributed by atoms with Crippen molar-refractivity contribution in [2.45, 2.75) is 90.2 Å². The quantitative estimate of drug-likeness (QED) is 0.382. The second-order valence-corrected chi connectivity index (χ2v) is 13.3. The second-order valence-electron chi connectivity index (χ2n) is 12.9. The van der Waals surface area contributed by atoms with Gasteiger partial charge < -0.3 is 25.2 Å². The molecule has 39 heavy (non-hydrogen) atoms. The lowest BCUT2D eigenvalue weighted by atomic mass is 9.70. The number of rotatable bonds is 9. The molecule has 1 aromatic rings. The third-order valence-electron chi connectivity index (χ3n) is 10.1. The van der Waals surface area contributed by atoms with Crippen LogP contribution in [0.2, 0.25) is 5.02 Å². The van der Waals surface area contributed by atoms with Crippen LogP contribution in [0, 0.1) is 28.6 Å². The van der Waals surface area contributed by atoms with Gasteiger partial charge in [0.15, 0.2) is 0 Å². The number of methoxy groups -OCH3 is 1. The zero-order valence-corrected chi connectivity index (χ0v) is 23.9. The third kappa shape index (κ3) is 5.59. The molecule has 0 saturated heterocycles. The minimum Gasteiger partial charge on any atom is -0.496 e. The average Bonchev–Trinajstić information content (AvgIpc) is 3.50. The van der Waals surface area contributed by atoms with Crippen molar-refractivity contribution in [2.24, 2.45) is 28.6 Å². The number of carbonyl (C=O) groups excluding carboxylic acids is 2. The zero-order chi connectivity index (χ0) is 27.9. The van der Waals surface area contributed by atoms with Crippen molar-refractivity contribution in [2.75, 3.05) is 13.7 Å². The highest BCUT2D eigenvalue weighted by Crippen LogP contribution is 2.49. The van der Waals surface area contributed by atoms with E-state index in [2.05, 4.69) is 17.6 Å². The molecule has 2 bridgehead atoms. The first-order chi connectivity index (χ1) is 18.5. The largest absolute Gasteiger partial charge is 0.496 e. The van der Waals surface area contributed by atoms with E-state index in [4.69, 9.17) is 21.1 Å². The maximum absolute atomic E-state index is 13.6. The molecule has 4 fully saturated rings. The van der Waals surface area contributed by atoms with Gasteiger partial charge in [-0.15, -0.1) is 0 Å².